The molecule has 4 nitrogen and oxygen atoms in total. The van der Waals surface area contributed by atoms with Gasteiger partial charge in [0, 0.05) is 23.2 Å². The predicted octanol–water partition coefficient (Wildman–Crippen LogP) is 3.54. The van der Waals surface area contributed by atoms with Crippen molar-refractivity contribution in [2.45, 2.75) is 6.42 Å². The predicted molar refractivity (Wildman–Crippen MR) is 81.1 cm³/mol. The van der Waals surface area contributed by atoms with Gasteiger partial charge >= 0.3 is 0 Å². The zero-order chi connectivity index (χ0) is 14.7. The fourth-order valence-electron chi connectivity index (χ4n) is 2.01. The molecule has 0 unspecified atom stereocenters. The van der Waals surface area contributed by atoms with E-state index in [1.54, 1.807) is 36.5 Å². The summed E-state index contributed by atoms with van der Waals surface area (Å²) in [6.07, 6.45) is 8.25. The van der Waals surface area contributed by atoms with Crippen molar-refractivity contribution in [3.63, 3.8) is 0 Å². The van der Waals surface area contributed by atoms with Gasteiger partial charge in [0.25, 0.3) is 5.91 Å². The maximum absolute atomic E-state index is 12.3. The van der Waals surface area contributed by atoms with Crippen LogP contribution in [0.2, 0.25) is 5.02 Å². The highest BCUT2D eigenvalue weighted by Crippen LogP contribution is 2.14. The van der Waals surface area contributed by atoms with Crippen molar-refractivity contribution in [2.24, 2.45) is 0 Å². The Bertz CT molecular complexity index is 731. The SMILES string of the molecule is O=C(c1cccc(Cl)c1)n1ccc(/C=C/C2=CCCO2)n1. The molecule has 1 aromatic heterocycles. The van der Waals surface area contributed by atoms with Crippen LogP contribution < -0.4 is 0 Å². The summed E-state index contributed by atoms with van der Waals surface area (Å²) < 4.78 is 6.67. The standard InChI is InChI=1S/C16H13ClN2O2/c17-13-4-1-3-12(11-13)16(20)19-9-8-14(18-19)6-7-15-5-2-10-21-15/h1,3-9,11H,2,10H2/b7-6+. The van der Waals surface area contributed by atoms with Gasteiger partial charge in [-0.2, -0.15) is 5.10 Å². The van der Waals surface area contributed by atoms with Crippen molar-refractivity contribution in [3.8, 4) is 0 Å². The molecule has 0 radical (unpaired) electrons. The second-order valence-electron chi connectivity index (χ2n) is 4.58. The molecule has 2 heterocycles. The quantitative estimate of drug-likeness (QED) is 0.871. The van der Waals surface area contributed by atoms with Gasteiger partial charge in [0.15, 0.2) is 0 Å². The lowest BCUT2D eigenvalue weighted by molar-refractivity contribution is 0.0945. The fourth-order valence-corrected chi connectivity index (χ4v) is 2.20. The highest BCUT2D eigenvalue weighted by molar-refractivity contribution is 6.30. The number of nitrogens with zero attached hydrogens (tertiary/aromatic N) is 2. The number of rotatable bonds is 3. The number of aromatic nitrogens is 2. The highest BCUT2D eigenvalue weighted by atomic mass is 35.5. The third kappa shape index (κ3) is 3.23. The van der Waals surface area contributed by atoms with Gasteiger partial charge in [0.1, 0.15) is 5.76 Å². The van der Waals surface area contributed by atoms with Crippen LogP contribution in [0.25, 0.3) is 6.08 Å². The summed E-state index contributed by atoms with van der Waals surface area (Å²) in [5.41, 5.74) is 1.20. The molecule has 5 heteroatoms. The molecule has 1 aliphatic rings. The molecule has 0 spiro atoms. The molecule has 3 rings (SSSR count). The zero-order valence-electron chi connectivity index (χ0n) is 11.2. The first-order valence-electron chi connectivity index (χ1n) is 6.59. The third-order valence-corrected chi connectivity index (χ3v) is 3.27. The van der Waals surface area contributed by atoms with Gasteiger partial charge in [-0.3, -0.25) is 4.79 Å². The molecule has 106 valence electrons. The highest BCUT2D eigenvalue weighted by Gasteiger charge is 2.10. The van der Waals surface area contributed by atoms with Crippen molar-refractivity contribution in [1.29, 1.82) is 0 Å². The summed E-state index contributed by atoms with van der Waals surface area (Å²) in [6, 6.07) is 8.57. The first-order chi connectivity index (χ1) is 10.2. The normalized spacial score (nSPS) is 14.2. The van der Waals surface area contributed by atoms with Crippen molar-refractivity contribution >= 4 is 23.6 Å². The van der Waals surface area contributed by atoms with Crippen molar-refractivity contribution in [1.82, 2.24) is 9.78 Å². The van der Waals surface area contributed by atoms with Crippen LogP contribution in [0.5, 0.6) is 0 Å². The monoisotopic (exact) mass is 300 g/mol. The van der Waals surface area contributed by atoms with E-state index >= 15 is 0 Å². The first kappa shape index (κ1) is 13.6. The van der Waals surface area contributed by atoms with Crippen LogP contribution in [0, 0.1) is 0 Å². The lowest BCUT2D eigenvalue weighted by Crippen LogP contribution is -2.12. The van der Waals surface area contributed by atoms with E-state index < -0.39 is 0 Å². The van der Waals surface area contributed by atoms with Gasteiger partial charge in [-0.25, -0.2) is 4.68 Å². The van der Waals surface area contributed by atoms with Crippen molar-refractivity contribution in [3.05, 3.63) is 70.7 Å². The molecule has 0 bridgehead atoms. The fraction of sp³-hybridized carbons (Fsp3) is 0.125. The summed E-state index contributed by atoms with van der Waals surface area (Å²) in [6.45, 7) is 0.724. The average Bonchev–Trinajstić information content (AvgIpc) is 3.16. The van der Waals surface area contributed by atoms with Gasteiger partial charge in [-0.1, -0.05) is 17.7 Å². The molecule has 21 heavy (non-hydrogen) atoms. The summed E-state index contributed by atoms with van der Waals surface area (Å²) >= 11 is 5.89. The van der Waals surface area contributed by atoms with Crippen molar-refractivity contribution in [2.75, 3.05) is 6.61 Å². The molecule has 1 aromatic carbocycles. The Morgan fingerprint density at radius 3 is 3.00 bits per heavy atom. The first-order valence-corrected chi connectivity index (χ1v) is 6.97. The second kappa shape index (κ2) is 5.97. The minimum atomic E-state index is -0.214. The maximum atomic E-state index is 12.3. The van der Waals surface area contributed by atoms with Gasteiger partial charge in [0.05, 0.1) is 12.3 Å². The molecule has 0 N–H and O–H groups in total. The second-order valence-corrected chi connectivity index (χ2v) is 5.01. The van der Waals surface area contributed by atoms with Gasteiger partial charge < -0.3 is 4.74 Å². The van der Waals surface area contributed by atoms with Crippen LogP contribution in [-0.2, 0) is 4.74 Å². The van der Waals surface area contributed by atoms with Gasteiger partial charge in [-0.15, -0.1) is 0 Å². The van der Waals surface area contributed by atoms with Gasteiger partial charge in [-0.05, 0) is 42.5 Å². The van der Waals surface area contributed by atoms with E-state index in [-0.39, 0.29) is 5.91 Å². The number of hydrogen-bond acceptors (Lipinski definition) is 3. The maximum Gasteiger partial charge on any atom is 0.278 e. The van der Waals surface area contributed by atoms with E-state index in [2.05, 4.69) is 5.10 Å². The Morgan fingerprint density at radius 1 is 1.33 bits per heavy atom. The number of halogens is 1. The topological polar surface area (TPSA) is 44.1 Å². The smallest absolute Gasteiger partial charge is 0.278 e. The van der Waals surface area contributed by atoms with E-state index in [0.29, 0.717) is 16.3 Å². The van der Waals surface area contributed by atoms with Crippen LogP contribution in [0.4, 0.5) is 0 Å². The molecule has 0 amide bonds. The van der Waals surface area contributed by atoms with E-state index in [1.165, 1.54) is 4.68 Å². The molecule has 0 atom stereocenters. The van der Waals surface area contributed by atoms with E-state index in [0.717, 1.165) is 18.8 Å². The Labute approximate surface area is 127 Å². The van der Waals surface area contributed by atoms with Gasteiger partial charge in [0.2, 0.25) is 0 Å². The van der Waals surface area contributed by atoms with E-state index in [1.807, 2.05) is 18.2 Å². The lowest BCUT2D eigenvalue weighted by Gasteiger charge is -2.00. The number of allylic oxidation sites excluding steroid dienone is 1. The summed E-state index contributed by atoms with van der Waals surface area (Å²) in [7, 11) is 0. The van der Waals surface area contributed by atoms with Crippen LogP contribution in [-0.4, -0.2) is 22.3 Å². The molecule has 0 saturated heterocycles. The Kier molecular flexibility index (Phi) is 3.88. The summed E-state index contributed by atoms with van der Waals surface area (Å²) in [5, 5.41) is 4.76. The minimum Gasteiger partial charge on any atom is -0.494 e. The summed E-state index contributed by atoms with van der Waals surface area (Å²) in [5.74, 6) is 0.624. The minimum absolute atomic E-state index is 0.214. The summed E-state index contributed by atoms with van der Waals surface area (Å²) in [4.78, 5) is 12.3. The molecule has 0 fully saturated rings. The molecule has 1 aliphatic heterocycles. The number of carbonyl (C=O) groups excluding carboxylic acids is 1. The third-order valence-electron chi connectivity index (χ3n) is 3.04. The number of benzene rings is 1. The van der Waals surface area contributed by atoms with Crippen molar-refractivity contribution < 1.29 is 9.53 Å². The number of carbonyl (C=O) groups is 1. The Hall–Kier alpha value is -2.33. The molecular weight excluding hydrogens is 288 g/mol. The van der Waals surface area contributed by atoms with Crippen LogP contribution in [0.1, 0.15) is 22.5 Å². The molecule has 0 aliphatic carbocycles. The number of ether oxygens (including phenoxy) is 1. The van der Waals surface area contributed by atoms with E-state index in [9.17, 15) is 4.79 Å². The Morgan fingerprint density at radius 2 is 2.24 bits per heavy atom. The molecule has 2 aromatic rings. The molecule has 0 saturated carbocycles. The number of hydrogen-bond donors (Lipinski definition) is 0. The molecular formula is C16H13ClN2O2. The lowest BCUT2D eigenvalue weighted by atomic mass is 10.2. The van der Waals surface area contributed by atoms with Crippen LogP contribution in [0.15, 0.2) is 54.4 Å². The Balaban J connectivity index is 1.76. The average molecular weight is 301 g/mol. The zero-order valence-corrected chi connectivity index (χ0v) is 12.0. The van der Waals surface area contributed by atoms with Crippen LogP contribution >= 0.6 is 11.6 Å². The largest absolute Gasteiger partial charge is 0.494 e. The van der Waals surface area contributed by atoms with E-state index in [4.69, 9.17) is 16.3 Å². The van der Waals surface area contributed by atoms with Crippen LogP contribution in [0.3, 0.4) is 0 Å².